The van der Waals surface area contributed by atoms with Crippen LogP contribution in [-0.4, -0.2) is 32.5 Å². The molecule has 62 valence electrons. The van der Waals surface area contributed by atoms with Gasteiger partial charge in [-0.2, -0.15) is 0 Å². The number of halogens is 1. The third-order valence-electron chi connectivity index (χ3n) is 1.37. The maximum Gasteiger partial charge on any atom is 0.102 e. The summed E-state index contributed by atoms with van der Waals surface area (Å²) in [5.74, 6) is 0. The van der Waals surface area contributed by atoms with Crippen molar-refractivity contribution in [2.75, 3.05) is 26.9 Å². The maximum atomic E-state index is 11.6. The van der Waals surface area contributed by atoms with Gasteiger partial charge in [0.1, 0.15) is 6.67 Å². The van der Waals surface area contributed by atoms with Crippen molar-refractivity contribution in [3.8, 4) is 0 Å². The van der Waals surface area contributed by atoms with Gasteiger partial charge in [-0.25, -0.2) is 4.39 Å². The molecule has 3 heteroatoms. The lowest BCUT2D eigenvalue weighted by atomic mass is 10.1. The highest BCUT2D eigenvalue weighted by molar-refractivity contribution is 4.70. The number of hydrogen-bond donors (Lipinski definition) is 1. The van der Waals surface area contributed by atoms with Gasteiger partial charge in [0, 0.05) is 20.2 Å². The molecule has 0 radical (unpaired) electrons. The first-order valence-corrected chi connectivity index (χ1v) is 3.44. The van der Waals surface area contributed by atoms with Crippen molar-refractivity contribution in [1.82, 2.24) is 5.32 Å². The summed E-state index contributed by atoms with van der Waals surface area (Å²) >= 11 is 0. The molecule has 0 bridgehead atoms. The summed E-state index contributed by atoms with van der Waals surface area (Å²) in [6.07, 6.45) is 0. The van der Waals surface area contributed by atoms with E-state index in [0.29, 0.717) is 13.1 Å². The minimum absolute atomic E-state index is 0.185. The zero-order valence-corrected chi connectivity index (χ0v) is 6.91. The van der Waals surface area contributed by atoms with Crippen LogP contribution in [0.15, 0.2) is 0 Å². The standard InChI is InChI=1S/C7H16FNO/c1-7(2,10-3)6-9-5-4-8/h9H,4-6H2,1-3H3. The molecule has 0 atom stereocenters. The molecule has 1 N–H and O–H groups in total. The first-order chi connectivity index (χ1) is 4.62. The van der Waals surface area contributed by atoms with E-state index in [1.165, 1.54) is 0 Å². The zero-order valence-electron chi connectivity index (χ0n) is 6.91. The Labute approximate surface area is 61.8 Å². The zero-order chi connectivity index (χ0) is 8.04. The lowest BCUT2D eigenvalue weighted by Crippen LogP contribution is -2.37. The van der Waals surface area contributed by atoms with Crippen LogP contribution in [0.3, 0.4) is 0 Å². The Morgan fingerprint density at radius 1 is 1.50 bits per heavy atom. The van der Waals surface area contributed by atoms with Crippen molar-refractivity contribution in [3.63, 3.8) is 0 Å². The van der Waals surface area contributed by atoms with E-state index >= 15 is 0 Å². The number of ether oxygens (including phenoxy) is 1. The Hall–Kier alpha value is -0.150. The van der Waals surface area contributed by atoms with Crippen LogP contribution in [0.2, 0.25) is 0 Å². The van der Waals surface area contributed by atoms with Gasteiger partial charge < -0.3 is 10.1 Å². The fourth-order valence-electron chi connectivity index (χ4n) is 0.528. The van der Waals surface area contributed by atoms with Crippen LogP contribution < -0.4 is 5.32 Å². The number of rotatable bonds is 5. The monoisotopic (exact) mass is 149 g/mol. The SMILES string of the molecule is COC(C)(C)CNCCF. The average Bonchev–Trinajstić information content (AvgIpc) is 1.89. The van der Waals surface area contributed by atoms with Gasteiger partial charge in [0.05, 0.1) is 5.60 Å². The van der Waals surface area contributed by atoms with Crippen molar-refractivity contribution in [1.29, 1.82) is 0 Å². The second-order valence-corrected chi connectivity index (χ2v) is 2.83. The summed E-state index contributed by atoms with van der Waals surface area (Å²) in [6.45, 7) is 4.69. The maximum absolute atomic E-state index is 11.6. The molecule has 0 rings (SSSR count). The smallest absolute Gasteiger partial charge is 0.102 e. The Morgan fingerprint density at radius 2 is 2.10 bits per heavy atom. The minimum atomic E-state index is -0.320. The van der Waals surface area contributed by atoms with Crippen molar-refractivity contribution < 1.29 is 9.13 Å². The third kappa shape index (κ3) is 4.70. The van der Waals surface area contributed by atoms with Gasteiger partial charge in [-0.05, 0) is 13.8 Å². The summed E-state index contributed by atoms with van der Waals surface area (Å²) in [5.41, 5.74) is -0.185. The fourth-order valence-corrected chi connectivity index (χ4v) is 0.528. The van der Waals surface area contributed by atoms with Gasteiger partial charge in [0.25, 0.3) is 0 Å². The van der Waals surface area contributed by atoms with E-state index in [4.69, 9.17) is 4.74 Å². The normalized spacial score (nSPS) is 12.0. The van der Waals surface area contributed by atoms with E-state index in [0.717, 1.165) is 0 Å². The summed E-state index contributed by atoms with van der Waals surface area (Å²) < 4.78 is 16.7. The highest BCUT2D eigenvalue weighted by Gasteiger charge is 2.14. The predicted molar refractivity (Wildman–Crippen MR) is 39.9 cm³/mol. The molecule has 0 saturated carbocycles. The molecule has 0 aliphatic carbocycles. The highest BCUT2D eigenvalue weighted by atomic mass is 19.1. The van der Waals surface area contributed by atoms with Crippen molar-refractivity contribution >= 4 is 0 Å². The lowest BCUT2D eigenvalue weighted by Gasteiger charge is -2.22. The Kier molecular flexibility index (Phi) is 4.56. The predicted octanol–water partition coefficient (Wildman–Crippen LogP) is 0.970. The van der Waals surface area contributed by atoms with Gasteiger partial charge in [0.15, 0.2) is 0 Å². The minimum Gasteiger partial charge on any atom is -0.377 e. The van der Waals surface area contributed by atoms with E-state index < -0.39 is 0 Å². The van der Waals surface area contributed by atoms with Crippen LogP contribution in [0.25, 0.3) is 0 Å². The van der Waals surface area contributed by atoms with Gasteiger partial charge in [-0.1, -0.05) is 0 Å². The molecule has 0 aromatic carbocycles. The molecule has 0 unspecified atom stereocenters. The van der Waals surface area contributed by atoms with Crippen molar-refractivity contribution in [2.45, 2.75) is 19.4 Å². The molecule has 0 fully saturated rings. The van der Waals surface area contributed by atoms with Gasteiger partial charge in [-0.3, -0.25) is 0 Å². The van der Waals surface area contributed by atoms with Crippen molar-refractivity contribution in [2.24, 2.45) is 0 Å². The Morgan fingerprint density at radius 3 is 2.50 bits per heavy atom. The number of nitrogens with one attached hydrogen (secondary N) is 1. The van der Waals surface area contributed by atoms with Crippen molar-refractivity contribution in [3.05, 3.63) is 0 Å². The Bertz CT molecular complexity index is 85.7. The Balaban J connectivity index is 3.28. The molecule has 0 aromatic rings. The molecule has 0 spiro atoms. The molecular formula is C7H16FNO. The van der Waals surface area contributed by atoms with Gasteiger partial charge in [0.2, 0.25) is 0 Å². The summed E-state index contributed by atoms with van der Waals surface area (Å²) in [6, 6.07) is 0. The van der Waals surface area contributed by atoms with E-state index in [1.807, 2.05) is 13.8 Å². The molecular weight excluding hydrogens is 133 g/mol. The van der Waals surface area contributed by atoms with Crippen LogP contribution in [-0.2, 0) is 4.74 Å². The average molecular weight is 149 g/mol. The number of alkyl halides is 1. The summed E-state index contributed by atoms with van der Waals surface area (Å²) in [7, 11) is 1.65. The molecule has 0 aliphatic heterocycles. The largest absolute Gasteiger partial charge is 0.377 e. The molecule has 0 aromatic heterocycles. The highest BCUT2D eigenvalue weighted by Crippen LogP contribution is 2.03. The van der Waals surface area contributed by atoms with Crippen LogP contribution in [0, 0.1) is 0 Å². The van der Waals surface area contributed by atoms with E-state index in [-0.39, 0.29) is 12.3 Å². The van der Waals surface area contributed by atoms with E-state index in [1.54, 1.807) is 7.11 Å². The van der Waals surface area contributed by atoms with E-state index in [9.17, 15) is 4.39 Å². The molecule has 10 heavy (non-hydrogen) atoms. The molecule has 0 amide bonds. The molecule has 0 heterocycles. The fraction of sp³-hybridized carbons (Fsp3) is 1.00. The third-order valence-corrected chi connectivity index (χ3v) is 1.37. The lowest BCUT2D eigenvalue weighted by molar-refractivity contribution is 0.0232. The molecule has 0 saturated heterocycles. The summed E-state index contributed by atoms with van der Waals surface area (Å²) in [4.78, 5) is 0. The van der Waals surface area contributed by atoms with Crippen LogP contribution in [0.4, 0.5) is 4.39 Å². The topological polar surface area (TPSA) is 21.3 Å². The first kappa shape index (κ1) is 9.85. The van der Waals surface area contributed by atoms with Crippen LogP contribution in [0.1, 0.15) is 13.8 Å². The second kappa shape index (κ2) is 4.63. The number of hydrogen-bond acceptors (Lipinski definition) is 2. The quantitative estimate of drug-likeness (QED) is 0.588. The van der Waals surface area contributed by atoms with Gasteiger partial charge in [-0.15, -0.1) is 0 Å². The van der Waals surface area contributed by atoms with Crippen LogP contribution in [0.5, 0.6) is 0 Å². The molecule has 0 aliphatic rings. The van der Waals surface area contributed by atoms with Gasteiger partial charge >= 0.3 is 0 Å². The first-order valence-electron chi connectivity index (χ1n) is 3.44. The van der Waals surface area contributed by atoms with E-state index in [2.05, 4.69) is 5.32 Å². The number of methoxy groups -OCH3 is 1. The molecule has 2 nitrogen and oxygen atoms in total. The van der Waals surface area contributed by atoms with Crippen LogP contribution >= 0.6 is 0 Å². The summed E-state index contributed by atoms with van der Waals surface area (Å²) in [5, 5.41) is 2.93. The second-order valence-electron chi connectivity index (χ2n) is 2.83.